The Hall–Kier alpha value is -2.68. The molecule has 0 unspecified atom stereocenters. The number of nitrogens with one attached hydrogen (secondary N) is 1. The molecule has 1 aliphatic rings. The number of hydrogen-bond donors (Lipinski definition) is 2. The summed E-state index contributed by atoms with van der Waals surface area (Å²) in [5.41, 5.74) is 3.55. The van der Waals surface area contributed by atoms with E-state index in [4.69, 9.17) is 28.9 Å². The van der Waals surface area contributed by atoms with E-state index in [0.717, 1.165) is 16.8 Å². The Morgan fingerprint density at radius 3 is 2.48 bits per heavy atom. The van der Waals surface area contributed by atoms with Crippen LogP contribution in [0.25, 0.3) is 6.08 Å². The number of carbonyl (C=O) groups excluding carboxylic acids is 2. The molecule has 27 heavy (non-hydrogen) atoms. The van der Waals surface area contributed by atoms with Crippen LogP contribution in [0.5, 0.6) is 0 Å². The lowest BCUT2D eigenvalue weighted by Crippen LogP contribution is -2.44. The molecule has 1 aliphatic heterocycles. The van der Waals surface area contributed by atoms with Gasteiger partial charge in [0.2, 0.25) is 0 Å². The van der Waals surface area contributed by atoms with E-state index in [-0.39, 0.29) is 9.88 Å². The minimum Gasteiger partial charge on any atom is -0.478 e. The Kier molecular flexibility index (Phi) is 5.59. The zero-order valence-corrected chi connectivity index (χ0v) is 15.9. The number of benzene rings is 2. The van der Waals surface area contributed by atoms with Crippen LogP contribution in [0.4, 0.5) is 0 Å². The Morgan fingerprint density at radius 2 is 1.85 bits per heavy atom. The molecule has 2 aromatic rings. The zero-order valence-electron chi connectivity index (χ0n) is 13.5. The molecule has 0 radical (unpaired) electrons. The highest BCUT2D eigenvalue weighted by molar-refractivity contribution is 8.26. The largest absolute Gasteiger partial charge is 0.478 e. The van der Waals surface area contributed by atoms with Gasteiger partial charge in [0, 0.05) is 10.6 Å². The maximum atomic E-state index is 12.5. The van der Waals surface area contributed by atoms with E-state index in [9.17, 15) is 14.4 Å². The van der Waals surface area contributed by atoms with Crippen LogP contribution in [-0.4, -0.2) is 32.2 Å². The van der Waals surface area contributed by atoms with Crippen molar-refractivity contribution >= 4 is 63.8 Å². The number of carbonyl (C=O) groups is 3. The molecule has 0 bridgehead atoms. The molecule has 9 heteroatoms. The van der Waals surface area contributed by atoms with Crippen LogP contribution < -0.4 is 5.43 Å². The van der Waals surface area contributed by atoms with Crippen LogP contribution in [0.15, 0.2) is 53.4 Å². The fourth-order valence-electron chi connectivity index (χ4n) is 2.23. The van der Waals surface area contributed by atoms with Gasteiger partial charge in [-0.1, -0.05) is 41.6 Å². The number of carboxylic acids is 1. The van der Waals surface area contributed by atoms with E-state index in [1.165, 1.54) is 18.2 Å². The fraction of sp³-hybridized carbons (Fsp3) is 0. The SMILES string of the molecule is O=C(O)c1ccc(/C=C2\SC(=S)N(NC(=O)c3cccc(Cl)c3)C2=O)cc1. The van der Waals surface area contributed by atoms with Crippen molar-refractivity contribution in [2.75, 3.05) is 0 Å². The van der Waals surface area contributed by atoms with Crippen LogP contribution in [0, 0.1) is 0 Å². The second-order valence-electron chi connectivity index (χ2n) is 5.40. The molecule has 1 heterocycles. The maximum Gasteiger partial charge on any atom is 0.335 e. The third-order valence-corrected chi connectivity index (χ3v) is 5.09. The molecular weight excluding hydrogens is 408 g/mol. The molecular formula is C18H11ClN2O4S2. The first-order chi connectivity index (χ1) is 12.8. The molecule has 136 valence electrons. The van der Waals surface area contributed by atoms with Gasteiger partial charge in [-0.2, -0.15) is 5.01 Å². The summed E-state index contributed by atoms with van der Waals surface area (Å²) in [5, 5.41) is 10.3. The predicted octanol–water partition coefficient (Wildman–Crippen LogP) is 3.58. The Labute approximate surface area is 168 Å². The highest BCUT2D eigenvalue weighted by Crippen LogP contribution is 2.31. The highest BCUT2D eigenvalue weighted by atomic mass is 35.5. The van der Waals surface area contributed by atoms with Crippen LogP contribution in [0.2, 0.25) is 5.02 Å². The standard InChI is InChI=1S/C18H11ClN2O4S2/c19-13-3-1-2-12(9-13)15(22)20-21-16(23)14(27-18(21)26)8-10-4-6-11(7-5-10)17(24)25/h1-9H,(H,20,22)(H,24,25)/b14-8-. The first-order valence-corrected chi connectivity index (χ1v) is 9.13. The quantitative estimate of drug-likeness (QED) is 0.583. The van der Waals surface area contributed by atoms with Gasteiger partial charge in [-0.3, -0.25) is 15.0 Å². The van der Waals surface area contributed by atoms with Crippen molar-refractivity contribution in [3.05, 3.63) is 75.1 Å². The third kappa shape index (κ3) is 4.36. The molecule has 2 aromatic carbocycles. The number of rotatable bonds is 4. The van der Waals surface area contributed by atoms with Crippen molar-refractivity contribution in [3.63, 3.8) is 0 Å². The van der Waals surface area contributed by atoms with Crippen molar-refractivity contribution < 1.29 is 19.5 Å². The Bertz CT molecular complexity index is 989. The maximum absolute atomic E-state index is 12.5. The number of thiocarbonyl (C=S) groups is 1. The van der Waals surface area contributed by atoms with E-state index in [0.29, 0.717) is 21.1 Å². The van der Waals surface area contributed by atoms with Gasteiger partial charge in [0.15, 0.2) is 4.32 Å². The van der Waals surface area contributed by atoms with Crippen molar-refractivity contribution in [3.8, 4) is 0 Å². The molecule has 2 N–H and O–H groups in total. The summed E-state index contributed by atoms with van der Waals surface area (Å²) in [5.74, 6) is -2.01. The van der Waals surface area contributed by atoms with Crippen LogP contribution in [0.3, 0.4) is 0 Å². The molecule has 6 nitrogen and oxygen atoms in total. The van der Waals surface area contributed by atoms with E-state index in [2.05, 4.69) is 5.43 Å². The molecule has 0 aliphatic carbocycles. The fourth-order valence-corrected chi connectivity index (χ4v) is 3.60. The minimum absolute atomic E-state index is 0.147. The van der Waals surface area contributed by atoms with Crippen molar-refractivity contribution in [2.24, 2.45) is 0 Å². The normalized spacial score (nSPS) is 15.3. The van der Waals surface area contributed by atoms with Crippen molar-refractivity contribution in [2.45, 2.75) is 0 Å². The summed E-state index contributed by atoms with van der Waals surface area (Å²) >= 11 is 12.1. The average Bonchev–Trinajstić information content (AvgIpc) is 2.89. The molecule has 0 aromatic heterocycles. The lowest BCUT2D eigenvalue weighted by molar-refractivity contribution is -0.123. The van der Waals surface area contributed by atoms with Crippen molar-refractivity contribution in [1.82, 2.24) is 10.4 Å². The molecule has 1 saturated heterocycles. The highest BCUT2D eigenvalue weighted by Gasteiger charge is 2.33. The molecule has 1 fully saturated rings. The second-order valence-corrected chi connectivity index (χ2v) is 7.51. The van der Waals surface area contributed by atoms with Gasteiger partial charge in [0.05, 0.1) is 10.5 Å². The number of carboxylic acid groups (broad SMARTS) is 1. The van der Waals surface area contributed by atoms with Gasteiger partial charge < -0.3 is 5.11 Å². The molecule has 2 amide bonds. The lowest BCUT2D eigenvalue weighted by atomic mass is 10.1. The van der Waals surface area contributed by atoms with Gasteiger partial charge >= 0.3 is 5.97 Å². The lowest BCUT2D eigenvalue weighted by Gasteiger charge is -2.15. The molecule has 0 atom stereocenters. The summed E-state index contributed by atoms with van der Waals surface area (Å²) in [6.45, 7) is 0. The molecule has 0 saturated carbocycles. The van der Waals surface area contributed by atoms with Crippen LogP contribution in [0.1, 0.15) is 26.3 Å². The van der Waals surface area contributed by atoms with Gasteiger partial charge in [0.1, 0.15) is 0 Å². The van der Waals surface area contributed by atoms with Gasteiger partial charge in [0.25, 0.3) is 11.8 Å². The van der Waals surface area contributed by atoms with E-state index < -0.39 is 17.8 Å². The Balaban J connectivity index is 1.76. The summed E-state index contributed by atoms with van der Waals surface area (Å²) in [7, 11) is 0. The number of halogens is 1. The van der Waals surface area contributed by atoms with Crippen LogP contribution >= 0.6 is 35.6 Å². The van der Waals surface area contributed by atoms with E-state index in [1.807, 2.05) is 0 Å². The zero-order chi connectivity index (χ0) is 19.6. The van der Waals surface area contributed by atoms with E-state index in [1.54, 1.807) is 36.4 Å². The summed E-state index contributed by atoms with van der Waals surface area (Å²) in [6.07, 6.45) is 1.58. The number of thioether (sulfide) groups is 1. The summed E-state index contributed by atoms with van der Waals surface area (Å²) in [4.78, 5) is 36.1. The van der Waals surface area contributed by atoms with Crippen LogP contribution in [-0.2, 0) is 4.79 Å². The summed E-state index contributed by atoms with van der Waals surface area (Å²) < 4.78 is 0.184. The van der Waals surface area contributed by atoms with Crippen molar-refractivity contribution in [1.29, 1.82) is 0 Å². The first kappa shape index (κ1) is 19.1. The van der Waals surface area contributed by atoms with E-state index >= 15 is 0 Å². The van der Waals surface area contributed by atoms with Gasteiger partial charge in [-0.25, -0.2) is 4.79 Å². The number of hydrazine groups is 1. The topological polar surface area (TPSA) is 86.7 Å². The van der Waals surface area contributed by atoms with Gasteiger partial charge in [-0.05, 0) is 54.2 Å². The number of aromatic carboxylic acids is 1. The predicted molar refractivity (Wildman–Crippen MR) is 107 cm³/mol. The summed E-state index contributed by atoms with van der Waals surface area (Å²) in [6, 6.07) is 12.4. The average molecular weight is 419 g/mol. The molecule has 0 spiro atoms. The number of nitrogens with zero attached hydrogens (tertiary/aromatic N) is 1. The first-order valence-electron chi connectivity index (χ1n) is 7.53. The Morgan fingerprint density at radius 1 is 1.15 bits per heavy atom. The smallest absolute Gasteiger partial charge is 0.335 e. The van der Waals surface area contributed by atoms with Gasteiger partial charge in [-0.15, -0.1) is 0 Å². The number of amides is 2. The number of hydrogen-bond acceptors (Lipinski definition) is 5. The third-order valence-electron chi connectivity index (χ3n) is 3.55. The molecule has 3 rings (SSSR count). The monoisotopic (exact) mass is 418 g/mol. The minimum atomic E-state index is -1.03. The second kappa shape index (κ2) is 7.91.